The van der Waals surface area contributed by atoms with E-state index in [9.17, 15) is 18.7 Å². The number of carbonyl (C=O) groups is 1. The van der Waals surface area contributed by atoms with Gasteiger partial charge in [0, 0.05) is 46.7 Å². The van der Waals surface area contributed by atoms with Crippen molar-refractivity contribution in [3.8, 4) is 17.3 Å². The number of nitrogens with one attached hydrogen (secondary N) is 1. The normalized spacial score (nSPS) is 12.5. The van der Waals surface area contributed by atoms with Crippen LogP contribution in [0.5, 0.6) is 5.75 Å². The second-order valence-electron chi connectivity index (χ2n) is 9.14. The highest BCUT2D eigenvalue weighted by Gasteiger charge is 2.30. The lowest BCUT2D eigenvalue weighted by Crippen LogP contribution is -2.22. The molecule has 0 radical (unpaired) electrons. The van der Waals surface area contributed by atoms with E-state index in [0.717, 1.165) is 12.1 Å². The van der Waals surface area contributed by atoms with Crippen LogP contribution in [0, 0.1) is 11.6 Å². The smallest absolute Gasteiger partial charge is 0.407 e. The van der Waals surface area contributed by atoms with Gasteiger partial charge in [0.1, 0.15) is 28.9 Å². The summed E-state index contributed by atoms with van der Waals surface area (Å²) in [6.07, 6.45) is 2.19. The van der Waals surface area contributed by atoms with Crippen molar-refractivity contribution in [2.45, 2.75) is 26.6 Å². The van der Waals surface area contributed by atoms with Gasteiger partial charge in [-0.1, -0.05) is 18.2 Å². The molecule has 12 heteroatoms. The van der Waals surface area contributed by atoms with Gasteiger partial charge in [0.25, 0.3) is 0 Å². The monoisotopic (exact) mass is 543 g/mol. The lowest BCUT2D eigenvalue weighted by molar-refractivity contribution is 0.145. The van der Waals surface area contributed by atoms with Crippen LogP contribution < -0.4 is 10.1 Å². The zero-order chi connectivity index (χ0) is 27.8. The molecule has 0 atom stereocenters. The maximum Gasteiger partial charge on any atom is 0.407 e. The molecule has 2 aromatic carbocycles. The average Bonchev–Trinajstić information content (AvgIpc) is 3.54. The number of benzene rings is 2. The predicted octanol–water partition coefficient (Wildman–Crippen LogP) is 5.35. The van der Waals surface area contributed by atoms with E-state index < -0.39 is 17.7 Å². The van der Waals surface area contributed by atoms with Gasteiger partial charge in [-0.2, -0.15) is 5.10 Å². The molecule has 0 unspecified atom stereocenters. The van der Waals surface area contributed by atoms with Crippen LogP contribution in [0.15, 0.2) is 60.9 Å². The highest BCUT2D eigenvalue weighted by molar-refractivity contribution is 5.92. The SMILES string of the molecule is CCOc1cc(F)c(Cn2nc(-c3nc4c(c(Nc5ccncc5)n3)CN(C(=O)O)C4)c3ccccc32)c(F)c1. The fourth-order valence-electron chi connectivity index (χ4n) is 4.72. The third-order valence-electron chi connectivity index (χ3n) is 6.60. The van der Waals surface area contributed by atoms with Gasteiger partial charge in [-0.3, -0.25) is 14.6 Å². The van der Waals surface area contributed by atoms with Crippen molar-refractivity contribution < 1.29 is 23.4 Å². The molecule has 10 nitrogen and oxygen atoms in total. The van der Waals surface area contributed by atoms with Gasteiger partial charge < -0.3 is 15.2 Å². The molecule has 1 aliphatic heterocycles. The van der Waals surface area contributed by atoms with Gasteiger partial charge in [0.05, 0.1) is 37.5 Å². The zero-order valence-electron chi connectivity index (χ0n) is 21.3. The molecule has 0 saturated carbocycles. The fourth-order valence-corrected chi connectivity index (χ4v) is 4.72. The molecular formula is C28H23F2N7O3. The number of nitrogens with zero attached hydrogens (tertiary/aromatic N) is 6. The molecular weight excluding hydrogens is 520 g/mol. The molecule has 0 saturated heterocycles. The van der Waals surface area contributed by atoms with Gasteiger partial charge in [0.2, 0.25) is 0 Å². The highest BCUT2D eigenvalue weighted by atomic mass is 19.1. The topological polar surface area (TPSA) is 118 Å². The van der Waals surface area contributed by atoms with Crippen LogP contribution >= 0.6 is 0 Å². The number of anilines is 2. The lowest BCUT2D eigenvalue weighted by Gasteiger charge is -2.11. The van der Waals surface area contributed by atoms with Gasteiger partial charge in [0.15, 0.2) is 5.82 Å². The molecule has 2 N–H and O–H groups in total. The number of hydrogen-bond donors (Lipinski definition) is 2. The number of hydrogen-bond acceptors (Lipinski definition) is 7. The molecule has 4 heterocycles. The van der Waals surface area contributed by atoms with E-state index in [1.54, 1.807) is 43.6 Å². The molecule has 0 spiro atoms. The Hall–Kier alpha value is -5.13. The van der Waals surface area contributed by atoms with Gasteiger partial charge in [-0.05, 0) is 25.1 Å². The summed E-state index contributed by atoms with van der Waals surface area (Å²) >= 11 is 0. The Morgan fingerprint density at radius 2 is 1.82 bits per heavy atom. The highest BCUT2D eigenvalue weighted by Crippen LogP contribution is 2.34. The van der Waals surface area contributed by atoms with E-state index in [-0.39, 0.29) is 43.4 Å². The van der Waals surface area contributed by atoms with E-state index in [1.807, 2.05) is 12.1 Å². The number of ether oxygens (including phenoxy) is 1. The minimum absolute atomic E-state index is 0.0897. The van der Waals surface area contributed by atoms with E-state index in [2.05, 4.69) is 20.4 Å². The van der Waals surface area contributed by atoms with Crippen LogP contribution in [-0.2, 0) is 19.6 Å². The van der Waals surface area contributed by atoms with Crippen molar-refractivity contribution in [3.63, 3.8) is 0 Å². The summed E-state index contributed by atoms with van der Waals surface area (Å²) in [6, 6.07) is 13.1. The Morgan fingerprint density at radius 1 is 1.07 bits per heavy atom. The van der Waals surface area contributed by atoms with E-state index in [0.29, 0.717) is 39.4 Å². The van der Waals surface area contributed by atoms with Crippen molar-refractivity contribution in [3.05, 3.63) is 89.4 Å². The first kappa shape index (κ1) is 25.2. The van der Waals surface area contributed by atoms with Crippen molar-refractivity contribution in [1.29, 1.82) is 0 Å². The molecule has 6 rings (SSSR count). The minimum atomic E-state index is -1.07. The third-order valence-corrected chi connectivity index (χ3v) is 6.60. The zero-order valence-corrected chi connectivity index (χ0v) is 21.3. The van der Waals surface area contributed by atoms with Crippen molar-refractivity contribution in [2.75, 3.05) is 11.9 Å². The molecule has 40 heavy (non-hydrogen) atoms. The number of halogens is 2. The summed E-state index contributed by atoms with van der Waals surface area (Å²) in [6.45, 7) is 2.06. The summed E-state index contributed by atoms with van der Waals surface area (Å²) in [5.74, 6) is -0.669. The minimum Gasteiger partial charge on any atom is -0.494 e. The Kier molecular flexibility index (Phi) is 6.42. The van der Waals surface area contributed by atoms with Crippen LogP contribution in [0.1, 0.15) is 23.7 Å². The second kappa shape index (κ2) is 10.2. The molecule has 1 aliphatic rings. The summed E-state index contributed by atoms with van der Waals surface area (Å²) in [5, 5.41) is 18.2. The number of fused-ring (bicyclic) bond motifs is 2. The second-order valence-corrected chi connectivity index (χ2v) is 9.14. The lowest BCUT2D eigenvalue weighted by atomic mass is 10.1. The first-order valence-electron chi connectivity index (χ1n) is 12.5. The summed E-state index contributed by atoms with van der Waals surface area (Å²) in [7, 11) is 0. The van der Waals surface area contributed by atoms with Crippen molar-refractivity contribution >= 4 is 28.5 Å². The van der Waals surface area contributed by atoms with Crippen LogP contribution in [0.3, 0.4) is 0 Å². The average molecular weight is 544 g/mol. The van der Waals surface area contributed by atoms with E-state index in [4.69, 9.17) is 9.72 Å². The molecule has 0 aliphatic carbocycles. The molecule has 0 bridgehead atoms. The van der Waals surface area contributed by atoms with Gasteiger partial charge in [-0.15, -0.1) is 0 Å². The quantitative estimate of drug-likeness (QED) is 0.282. The number of pyridine rings is 1. The van der Waals surface area contributed by atoms with Gasteiger partial charge in [-0.25, -0.2) is 23.5 Å². The molecule has 1 amide bonds. The van der Waals surface area contributed by atoms with Crippen molar-refractivity contribution in [1.82, 2.24) is 29.6 Å². The molecule has 0 fully saturated rings. The van der Waals surface area contributed by atoms with Crippen LogP contribution in [-0.4, -0.2) is 47.4 Å². The molecule has 202 valence electrons. The van der Waals surface area contributed by atoms with Gasteiger partial charge >= 0.3 is 6.09 Å². The van der Waals surface area contributed by atoms with Crippen LogP contribution in [0.4, 0.5) is 25.1 Å². The van der Waals surface area contributed by atoms with Crippen molar-refractivity contribution in [2.24, 2.45) is 0 Å². The summed E-state index contributed by atoms with van der Waals surface area (Å²) in [4.78, 5) is 26.4. The molecule has 3 aromatic heterocycles. The number of carboxylic acid groups (broad SMARTS) is 1. The Bertz CT molecular complexity index is 1720. The first-order valence-corrected chi connectivity index (χ1v) is 12.5. The standard InChI is InChI=1S/C28H23F2N7O3/c1-2-40-17-11-21(29)19(22(30)12-17)14-37-24-6-4-3-5-18(24)25(35-37)27-33-23-15-36(28(38)39)13-20(23)26(34-27)32-16-7-9-31-10-8-16/h3-12H,2,13-15H2,1H3,(H,38,39)(H,31,32,33,34). The van der Waals surface area contributed by atoms with E-state index >= 15 is 0 Å². The molecule has 5 aromatic rings. The Morgan fingerprint density at radius 3 is 2.55 bits per heavy atom. The number of amides is 1. The summed E-state index contributed by atoms with van der Waals surface area (Å²) in [5.41, 5.74) is 2.79. The Balaban J connectivity index is 1.45. The van der Waals surface area contributed by atoms with Crippen LogP contribution in [0.2, 0.25) is 0 Å². The largest absolute Gasteiger partial charge is 0.494 e. The fraction of sp³-hybridized carbons (Fsp3) is 0.179. The number of para-hydroxylation sites is 1. The maximum absolute atomic E-state index is 14.9. The summed E-state index contributed by atoms with van der Waals surface area (Å²) < 4.78 is 36.6. The number of rotatable bonds is 7. The van der Waals surface area contributed by atoms with Crippen LogP contribution in [0.25, 0.3) is 22.4 Å². The maximum atomic E-state index is 14.9. The predicted molar refractivity (Wildman–Crippen MR) is 142 cm³/mol. The third kappa shape index (κ3) is 4.64. The van der Waals surface area contributed by atoms with E-state index in [1.165, 1.54) is 9.58 Å². The first-order chi connectivity index (χ1) is 19.4. The Labute approximate surface area is 226 Å². The number of aromatic nitrogens is 5.